The number of allylic oxidation sites excluding steroid dienone is 5. The van der Waals surface area contributed by atoms with Gasteiger partial charge in [0, 0.05) is 11.1 Å². The Morgan fingerprint density at radius 2 is 1.22 bits per heavy atom. The van der Waals surface area contributed by atoms with Crippen LogP contribution in [0.25, 0.3) is 22.8 Å². The summed E-state index contributed by atoms with van der Waals surface area (Å²) in [6.07, 6.45) is 4.34. The van der Waals surface area contributed by atoms with Gasteiger partial charge in [0.2, 0.25) is 0 Å². The molecule has 0 bridgehead atoms. The van der Waals surface area contributed by atoms with E-state index in [1.807, 2.05) is 48.5 Å². The summed E-state index contributed by atoms with van der Waals surface area (Å²) in [4.78, 5) is 0. The smallest absolute Gasteiger partial charge is 0.118 e. The van der Waals surface area contributed by atoms with Crippen molar-refractivity contribution in [3.8, 4) is 0 Å². The van der Waals surface area contributed by atoms with Gasteiger partial charge < -0.3 is 5.21 Å². The van der Waals surface area contributed by atoms with Gasteiger partial charge in [0.05, 0.1) is 0 Å². The van der Waals surface area contributed by atoms with Crippen molar-refractivity contribution < 1.29 is 5.21 Å². The van der Waals surface area contributed by atoms with Crippen molar-refractivity contribution in [3.63, 3.8) is 0 Å². The summed E-state index contributed by atoms with van der Waals surface area (Å²) in [7, 11) is 0. The second-order valence-electron chi connectivity index (χ2n) is 6.67. The summed E-state index contributed by atoms with van der Waals surface area (Å²) in [5.41, 5.74) is 9.19. The number of hydrogen-bond acceptors (Lipinski definition) is 2. The first-order valence-corrected chi connectivity index (χ1v) is 8.98. The fourth-order valence-corrected chi connectivity index (χ4v) is 3.92. The zero-order valence-corrected chi connectivity index (χ0v) is 14.6. The van der Waals surface area contributed by atoms with Crippen molar-refractivity contribution in [2.24, 2.45) is 5.16 Å². The molecule has 0 saturated carbocycles. The Bertz CT molecular complexity index is 1150. The minimum atomic E-state index is 0.619. The first kappa shape index (κ1) is 15.6. The van der Waals surface area contributed by atoms with Gasteiger partial charge in [-0.2, -0.15) is 0 Å². The third kappa shape index (κ3) is 2.46. The molecule has 2 heteroatoms. The SMILES string of the molecule is ON=C1C2=Cc3ccccc3C2=CC(c2ccccc2)=C1c1ccccc1. The van der Waals surface area contributed by atoms with E-state index in [9.17, 15) is 5.21 Å². The molecule has 1 N–H and O–H groups in total. The lowest BCUT2D eigenvalue weighted by molar-refractivity contribution is 0.320. The number of nitrogens with zero attached hydrogens (tertiary/aromatic N) is 1. The van der Waals surface area contributed by atoms with Crippen molar-refractivity contribution in [1.82, 2.24) is 0 Å². The van der Waals surface area contributed by atoms with Crippen LogP contribution in [-0.2, 0) is 0 Å². The van der Waals surface area contributed by atoms with Gasteiger partial charge in [-0.15, -0.1) is 0 Å². The Morgan fingerprint density at radius 3 is 1.93 bits per heavy atom. The van der Waals surface area contributed by atoms with E-state index in [0.29, 0.717) is 5.71 Å². The molecule has 0 amide bonds. The lowest BCUT2D eigenvalue weighted by Gasteiger charge is -2.22. The molecular weight excluding hydrogens is 330 g/mol. The van der Waals surface area contributed by atoms with Crippen LogP contribution < -0.4 is 0 Å². The fraction of sp³-hybridized carbons (Fsp3) is 0. The van der Waals surface area contributed by atoms with E-state index in [2.05, 4.69) is 53.7 Å². The molecule has 0 aromatic heterocycles. The maximum atomic E-state index is 10.00. The molecule has 2 nitrogen and oxygen atoms in total. The molecule has 0 aliphatic heterocycles. The van der Waals surface area contributed by atoms with Crippen LogP contribution in [0.3, 0.4) is 0 Å². The minimum absolute atomic E-state index is 0.619. The van der Waals surface area contributed by atoms with Gasteiger partial charge in [-0.1, -0.05) is 90.1 Å². The van der Waals surface area contributed by atoms with Crippen molar-refractivity contribution in [3.05, 3.63) is 119 Å². The van der Waals surface area contributed by atoms with Crippen molar-refractivity contribution in [2.45, 2.75) is 0 Å². The molecule has 2 aliphatic rings. The molecule has 0 radical (unpaired) electrons. The fourth-order valence-electron chi connectivity index (χ4n) is 3.92. The summed E-state index contributed by atoms with van der Waals surface area (Å²) < 4.78 is 0. The second kappa shape index (κ2) is 6.26. The van der Waals surface area contributed by atoms with Gasteiger partial charge in [0.15, 0.2) is 0 Å². The van der Waals surface area contributed by atoms with Crippen molar-refractivity contribution in [1.29, 1.82) is 0 Å². The highest BCUT2D eigenvalue weighted by molar-refractivity contribution is 6.46. The highest BCUT2D eigenvalue weighted by Crippen LogP contribution is 2.46. The maximum Gasteiger partial charge on any atom is 0.118 e. The summed E-state index contributed by atoms with van der Waals surface area (Å²) >= 11 is 0. The maximum absolute atomic E-state index is 10.00. The van der Waals surface area contributed by atoms with E-state index in [-0.39, 0.29) is 0 Å². The quantitative estimate of drug-likeness (QED) is 0.453. The molecule has 0 saturated heterocycles. The molecule has 0 heterocycles. The molecule has 128 valence electrons. The molecule has 0 unspecified atom stereocenters. The van der Waals surface area contributed by atoms with E-state index in [1.165, 1.54) is 5.56 Å². The van der Waals surface area contributed by atoms with Crippen molar-refractivity contribution in [2.75, 3.05) is 0 Å². The van der Waals surface area contributed by atoms with Gasteiger partial charge in [-0.05, 0) is 45.6 Å². The zero-order valence-electron chi connectivity index (χ0n) is 14.6. The number of oxime groups is 1. The summed E-state index contributed by atoms with van der Waals surface area (Å²) in [5, 5.41) is 13.8. The molecule has 27 heavy (non-hydrogen) atoms. The average molecular weight is 347 g/mol. The van der Waals surface area contributed by atoms with Crippen LogP contribution in [0.15, 0.2) is 102 Å². The minimum Gasteiger partial charge on any atom is -0.410 e. The lowest BCUT2D eigenvalue weighted by Crippen LogP contribution is -2.12. The van der Waals surface area contributed by atoms with Crippen LogP contribution in [0.5, 0.6) is 0 Å². The Morgan fingerprint density at radius 1 is 0.593 bits per heavy atom. The van der Waals surface area contributed by atoms with Gasteiger partial charge >= 0.3 is 0 Å². The predicted octanol–water partition coefficient (Wildman–Crippen LogP) is 5.92. The Kier molecular flexibility index (Phi) is 3.61. The third-order valence-corrected chi connectivity index (χ3v) is 5.14. The standard InChI is InChI=1S/C25H17NO/c27-26-25-23-15-19-13-7-8-14-20(19)22(23)16-21(17-9-3-1-4-10-17)24(25)18-11-5-2-6-12-18/h1-16,27H. The Labute approximate surface area is 158 Å². The highest BCUT2D eigenvalue weighted by Gasteiger charge is 2.31. The second-order valence-corrected chi connectivity index (χ2v) is 6.67. The molecule has 3 aromatic rings. The number of benzene rings is 3. The summed E-state index contributed by atoms with van der Waals surface area (Å²) in [6.45, 7) is 0. The van der Waals surface area contributed by atoms with E-state index in [1.54, 1.807) is 0 Å². The van der Waals surface area contributed by atoms with Crippen LogP contribution in [0.4, 0.5) is 0 Å². The normalized spacial score (nSPS) is 16.7. The lowest BCUT2D eigenvalue weighted by atomic mass is 9.80. The van der Waals surface area contributed by atoms with Gasteiger partial charge in [0.25, 0.3) is 0 Å². The van der Waals surface area contributed by atoms with Crippen LogP contribution in [0.1, 0.15) is 22.3 Å². The van der Waals surface area contributed by atoms with Crippen LogP contribution >= 0.6 is 0 Å². The van der Waals surface area contributed by atoms with Crippen LogP contribution in [0, 0.1) is 0 Å². The monoisotopic (exact) mass is 347 g/mol. The van der Waals surface area contributed by atoms with E-state index in [0.717, 1.165) is 39.0 Å². The molecule has 3 aromatic carbocycles. The van der Waals surface area contributed by atoms with Gasteiger partial charge in [0.1, 0.15) is 5.71 Å². The van der Waals surface area contributed by atoms with E-state index in [4.69, 9.17) is 0 Å². The van der Waals surface area contributed by atoms with Crippen LogP contribution in [-0.4, -0.2) is 10.9 Å². The van der Waals surface area contributed by atoms with Gasteiger partial charge in [-0.25, -0.2) is 0 Å². The van der Waals surface area contributed by atoms with Crippen molar-refractivity contribution >= 4 is 28.5 Å². The van der Waals surface area contributed by atoms with Crippen LogP contribution in [0.2, 0.25) is 0 Å². The first-order valence-electron chi connectivity index (χ1n) is 8.98. The zero-order chi connectivity index (χ0) is 18.2. The van der Waals surface area contributed by atoms with E-state index < -0.39 is 0 Å². The Hall–Kier alpha value is -3.65. The third-order valence-electron chi connectivity index (χ3n) is 5.14. The summed E-state index contributed by atoms with van der Waals surface area (Å²) in [6, 6.07) is 28.7. The molecule has 0 fully saturated rings. The topological polar surface area (TPSA) is 32.6 Å². The summed E-state index contributed by atoms with van der Waals surface area (Å²) in [5.74, 6) is 0. The molecule has 0 spiro atoms. The van der Waals surface area contributed by atoms with Gasteiger partial charge in [-0.3, -0.25) is 0 Å². The highest BCUT2D eigenvalue weighted by atomic mass is 16.4. The van der Waals surface area contributed by atoms with E-state index >= 15 is 0 Å². The first-order chi connectivity index (χ1) is 13.4. The number of rotatable bonds is 2. The molecule has 5 rings (SSSR count). The molecule has 2 aliphatic carbocycles. The Balaban J connectivity index is 1.84. The largest absolute Gasteiger partial charge is 0.410 e. The molecular formula is C25H17NO. The number of fused-ring (bicyclic) bond motifs is 3. The average Bonchev–Trinajstić information content (AvgIpc) is 3.12. The predicted molar refractivity (Wildman–Crippen MR) is 111 cm³/mol. The number of hydrogen-bond donors (Lipinski definition) is 1. The molecule has 0 atom stereocenters.